The minimum atomic E-state index is -0.217. The Hall–Kier alpha value is -2.37. The Kier molecular flexibility index (Phi) is 3.04. The zero-order valence-corrected chi connectivity index (χ0v) is 9.42. The molecule has 0 fully saturated rings. The summed E-state index contributed by atoms with van der Waals surface area (Å²) < 4.78 is 1.70. The molecule has 0 aliphatic carbocycles. The Bertz CT molecular complexity index is 534. The van der Waals surface area contributed by atoms with Crippen LogP contribution in [0.25, 0.3) is 0 Å². The summed E-state index contributed by atoms with van der Waals surface area (Å²) in [5.74, 6) is -0.217. The molecule has 0 aromatic carbocycles. The van der Waals surface area contributed by atoms with Crippen LogP contribution in [0.2, 0.25) is 0 Å². The van der Waals surface area contributed by atoms with E-state index in [2.05, 4.69) is 15.4 Å². The average molecular weight is 231 g/mol. The lowest BCUT2D eigenvalue weighted by atomic mass is 10.2. The molecular weight excluding hydrogens is 218 g/mol. The number of carbonyl (C=O) groups is 1. The van der Waals surface area contributed by atoms with Gasteiger partial charge in [0.15, 0.2) is 0 Å². The molecule has 1 amide bonds. The summed E-state index contributed by atoms with van der Waals surface area (Å²) in [6, 6.07) is 3.43. The first-order chi connectivity index (χ1) is 8.18. The van der Waals surface area contributed by atoms with Gasteiger partial charge in [0.25, 0.3) is 5.91 Å². The molecule has 2 aromatic rings. The summed E-state index contributed by atoms with van der Waals surface area (Å²) in [5.41, 5.74) is 7.38. The van der Waals surface area contributed by atoms with Crippen molar-refractivity contribution in [1.29, 1.82) is 0 Å². The number of carbonyl (C=O) groups excluding carboxylic acids is 1. The van der Waals surface area contributed by atoms with E-state index >= 15 is 0 Å². The predicted octanol–water partition coefficient (Wildman–Crippen LogP) is 0.327. The van der Waals surface area contributed by atoms with Crippen molar-refractivity contribution in [1.82, 2.24) is 20.1 Å². The van der Waals surface area contributed by atoms with Crippen LogP contribution < -0.4 is 11.1 Å². The van der Waals surface area contributed by atoms with Crippen molar-refractivity contribution in [3.05, 3.63) is 42.0 Å². The van der Waals surface area contributed by atoms with Crippen molar-refractivity contribution in [2.75, 3.05) is 5.73 Å². The second-order valence-electron chi connectivity index (χ2n) is 3.59. The van der Waals surface area contributed by atoms with Gasteiger partial charge in [0.2, 0.25) is 0 Å². The quantitative estimate of drug-likeness (QED) is 0.797. The molecule has 6 nitrogen and oxygen atoms in total. The molecule has 6 heteroatoms. The molecule has 3 N–H and O–H groups in total. The number of nitrogen functional groups attached to an aromatic ring is 1. The molecule has 0 aliphatic heterocycles. The van der Waals surface area contributed by atoms with Crippen LogP contribution in [0.1, 0.15) is 16.1 Å². The highest BCUT2D eigenvalue weighted by Gasteiger charge is 2.09. The Morgan fingerprint density at radius 3 is 2.94 bits per heavy atom. The Morgan fingerprint density at radius 1 is 1.47 bits per heavy atom. The number of hydrogen-bond donors (Lipinski definition) is 2. The molecule has 17 heavy (non-hydrogen) atoms. The number of amides is 1. The van der Waals surface area contributed by atoms with E-state index in [-0.39, 0.29) is 5.91 Å². The van der Waals surface area contributed by atoms with E-state index < -0.39 is 0 Å². The standard InChI is InChI=1S/C11H13N5O/c1-16-8(2-5-15-16)6-14-11(17)9-3-4-13-7-10(9)12/h2-5,7H,6,12H2,1H3,(H,14,17). The Morgan fingerprint density at radius 2 is 2.29 bits per heavy atom. The third-order valence-electron chi connectivity index (χ3n) is 2.45. The van der Waals surface area contributed by atoms with Crippen molar-refractivity contribution in [3.63, 3.8) is 0 Å². The van der Waals surface area contributed by atoms with Gasteiger partial charge in [0, 0.05) is 19.4 Å². The average Bonchev–Trinajstić information content (AvgIpc) is 2.72. The normalized spacial score (nSPS) is 10.2. The fourth-order valence-electron chi connectivity index (χ4n) is 1.45. The van der Waals surface area contributed by atoms with Crippen LogP contribution in [-0.4, -0.2) is 20.7 Å². The largest absolute Gasteiger partial charge is 0.397 e. The van der Waals surface area contributed by atoms with E-state index in [0.717, 1.165) is 5.69 Å². The lowest BCUT2D eigenvalue weighted by Crippen LogP contribution is -2.25. The summed E-state index contributed by atoms with van der Waals surface area (Å²) in [6.07, 6.45) is 4.68. The van der Waals surface area contributed by atoms with E-state index in [1.807, 2.05) is 13.1 Å². The number of nitrogens with one attached hydrogen (secondary N) is 1. The first-order valence-electron chi connectivity index (χ1n) is 5.13. The van der Waals surface area contributed by atoms with Gasteiger partial charge < -0.3 is 11.1 Å². The van der Waals surface area contributed by atoms with E-state index in [1.54, 1.807) is 16.9 Å². The molecule has 0 bridgehead atoms. The molecule has 0 saturated carbocycles. The number of pyridine rings is 1. The highest BCUT2D eigenvalue weighted by atomic mass is 16.1. The number of nitrogens with zero attached hydrogens (tertiary/aromatic N) is 3. The highest BCUT2D eigenvalue weighted by Crippen LogP contribution is 2.08. The minimum absolute atomic E-state index is 0.217. The Labute approximate surface area is 98.5 Å². The van der Waals surface area contributed by atoms with Gasteiger partial charge in [-0.2, -0.15) is 5.10 Å². The molecule has 0 atom stereocenters. The lowest BCUT2D eigenvalue weighted by molar-refractivity contribution is 0.0951. The summed E-state index contributed by atoms with van der Waals surface area (Å²) >= 11 is 0. The van der Waals surface area contributed by atoms with Gasteiger partial charge in [-0.1, -0.05) is 0 Å². The number of hydrogen-bond acceptors (Lipinski definition) is 4. The summed E-state index contributed by atoms with van der Waals surface area (Å²) in [5, 5.41) is 6.79. The van der Waals surface area contributed by atoms with E-state index in [4.69, 9.17) is 5.73 Å². The highest BCUT2D eigenvalue weighted by molar-refractivity contribution is 5.98. The fraction of sp³-hybridized carbons (Fsp3) is 0.182. The van der Waals surface area contributed by atoms with Gasteiger partial charge in [0.05, 0.1) is 29.7 Å². The maximum absolute atomic E-state index is 11.8. The first kappa shape index (κ1) is 11.1. The van der Waals surface area contributed by atoms with Crippen LogP contribution in [0.4, 0.5) is 5.69 Å². The zero-order valence-electron chi connectivity index (χ0n) is 9.42. The Balaban J connectivity index is 2.04. The second-order valence-corrected chi connectivity index (χ2v) is 3.59. The van der Waals surface area contributed by atoms with Crippen LogP contribution in [0.3, 0.4) is 0 Å². The maximum atomic E-state index is 11.8. The fourth-order valence-corrected chi connectivity index (χ4v) is 1.45. The van der Waals surface area contributed by atoms with Gasteiger partial charge >= 0.3 is 0 Å². The van der Waals surface area contributed by atoms with Crippen molar-refractivity contribution in [3.8, 4) is 0 Å². The van der Waals surface area contributed by atoms with Gasteiger partial charge in [-0.05, 0) is 12.1 Å². The molecule has 0 saturated heterocycles. The van der Waals surface area contributed by atoms with Crippen LogP contribution in [0.15, 0.2) is 30.7 Å². The van der Waals surface area contributed by atoms with Crippen LogP contribution in [0, 0.1) is 0 Å². The predicted molar refractivity (Wildman–Crippen MR) is 63.0 cm³/mol. The molecule has 2 heterocycles. The molecule has 0 unspecified atom stereocenters. The number of aryl methyl sites for hydroxylation is 1. The van der Waals surface area contributed by atoms with E-state index in [1.165, 1.54) is 12.4 Å². The number of nitrogens with two attached hydrogens (primary N) is 1. The van der Waals surface area contributed by atoms with Crippen LogP contribution in [-0.2, 0) is 13.6 Å². The summed E-state index contributed by atoms with van der Waals surface area (Å²) in [7, 11) is 1.82. The molecule has 2 rings (SSSR count). The van der Waals surface area contributed by atoms with Gasteiger partial charge in [-0.15, -0.1) is 0 Å². The van der Waals surface area contributed by atoms with Crippen LogP contribution in [0.5, 0.6) is 0 Å². The van der Waals surface area contributed by atoms with Gasteiger partial charge in [-0.25, -0.2) is 0 Å². The van der Waals surface area contributed by atoms with E-state index in [0.29, 0.717) is 17.8 Å². The first-order valence-corrected chi connectivity index (χ1v) is 5.13. The summed E-state index contributed by atoms with van der Waals surface area (Å²) in [4.78, 5) is 15.7. The molecule has 2 aromatic heterocycles. The third-order valence-corrected chi connectivity index (χ3v) is 2.45. The third kappa shape index (κ3) is 2.41. The SMILES string of the molecule is Cn1nccc1CNC(=O)c1ccncc1N. The minimum Gasteiger partial charge on any atom is -0.397 e. The number of rotatable bonds is 3. The molecule has 88 valence electrons. The lowest BCUT2D eigenvalue weighted by Gasteiger charge is -2.07. The van der Waals surface area contributed by atoms with Crippen molar-refractivity contribution in [2.45, 2.75) is 6.54 Å². The van der Waals surface area contributed by atoms with Crippen molar-refractivity contribution >= 4 is 11.6 Å². The number of aromatic nitrogens is 3. The van der Waals surface area contributed by atoms with Gasteiger partial charge in [-0.3, -0.25) is 14.5 Å². The smallest absolute Gasteiger partial charge is 0.253 e. The van der Waals surface area contributed by atoms with Gasteiger partial charge in [0.1, 0.15) is 0 Å². The number of anilines is 1. The molecule has 0 aliphatic rings. The van der Waals surface area contributed by atoms with Crippen molar-refractivity contribution < 1.29 is 4.79 Å². The van der Waals surface area contributed by atoms with Crippen molar-refractivity contribution in [2.24, 2.45) is 7.05 Å². The zero-order chi connectivity index (χ0) is 12.3. The molecule has 0 spiro atoms. The maximum Gasteiger partial charge on any atom is 0.253 e. The van der Waals surface area contributed by atoms with E-state index in [9.17, 15) is 4.79 Å². The monoisotopic (exact) mass is 231 g/mol. The van der Waals surface area contributed by atoms with Crippen LogP contribution >= 0.6 is 0 Å². The topological polar surface area (TPSA) is 85.8 Å². The molecular formula is C11H13N5O. The molecule has 0 radical (unpaired) electrons. The second kappa shape index (κ2) is 4.65. The summed E-state index contributed by atoms with van der Waals surface area (Å²) in [6.45, 7) is 0.414.